The molecule has 4 aliphatic rings. The van der Waals surface area contributed by atoms with E-state index < -0.39 is 25.0 Å². The van der Waals surface area contributed by atoms with Gasteiger partial charge in [-0.05, 0) is 153 Å². The Bertz CT molecular complexity index is 799. The lowest BCUT2D eigenvalue weighted by molar-refractivity contribution is -0.175. The normalized spacial score (nSPS) is 44.5. The molecule has 210 valence electrons. The highest BCUT2D eigenvalue weighted by molar-refractivity contribution is 6.70. The molecule has 0 aromatic heterocycles. The molecule has 0 bridgehead atoms. The van der Waals surface area contributed by atoms with Crippen LogP contribution in [0.2, 0.25) is 58.9 Å². The quantitative estimate of drug-likeness (QED) is 0.295. The molecule has 6 heteroatoms. The maximum atomic E-state index is 7.36. The van der Waals surface area contributed by atoms with E-state index in [1.54, 1.807) is 0 Å². The van der Waals surface area contributed by atoms with E-state index in [-0.39, 0.29) is 17.1 Å². The van der Waals surface area contributed by atoms with E-state index in [1.807, 2.05) is 0 Å². The zero-order valence-electron chi connectivity index (χ0n) is 26.1. The van der Waals surface area contributed by atoms with Crippen LogP contribution in [0.4, 0.5) is 0 Å². The summed E-state index contributed by atoms with van der Waals surface area (Å²) >= 11 is 0. The zero-order valence-corrected chi connectivity index (χ0v) is 29.1. The Morgan fingerprint density at radius 1 is 0.694 bits per heavy atom. The van der Waals surface area contributed by atoms with Crippen LogP contribution in [0.1, 0.15) is 78.6 Å². The summed E-state index contributed by atoms with van der Waals surface area (Å²) in [5.41, 5.74) is 0.623. The summed E-state index contributed by atoms with van der Waals surface area (Å²) in [6.07, 6.45) is 12.8. The number of rotatable bonds is 7. The first-order valence-corrected chi connectivity index (χ1v) is 25.6. The summed E-state index contributed by atoms with van der Waals surface area (Å²) in [6, 6.07) is 0. The van der Waals surface area contributed by atoms with Crippen molar-refractivity contribution < 1.29 is 13.3 Å². The van der Waals surface area contributed by atoms with Gasteiger partial charge < -0.3 is 13.3 Å². The molecule has 36 heavy (non-hydrogen) atoms. The van der Waals surface area contributed by atoms with Gasteiger partial charge in [-0.2, -0.15) is 0 Å². The van der Waals surface area contributed by atoms with E-state index in [9.17, 15) is 0 Å². The maximum absolute atomic E-state index is 7.36. The maximum Gasteiger partial charge on any atom is 0.184 e. The SMILES string of the molecule is C[C@H](O[Si](C)(C)C)[C@@]1(O[Si](C)(C)C)CCC2C3CC[C@@H]4C[C@H](O[Si](C)(C)C)CCC4(C)C3CCC21C. The summed E-state index contributed by atoms with van der Waals surface area (Å²) < 4.78 is 20.9. The fourth-order valence-corrected chi connectivity index (χ4v) is 14.0. The average molecular weight is 553 g/mol. The van der Waals surface area contributed by atoms with Crippen molar-refractivity contribution in [1.82, 2.24) is 0 Å². The number of hydrogen-bond donors (Lipinski definition) is 0. The van der Waals surface area contributed by atoms with Crippen molar-refractivity contribution in [2.75, 3.05) is 0 Å². The van der Waals surface area contributed by atoms with Crippen molar-refractivity contribution in [3.05, 3.63) is 0 Å². The first-order valence-electron chi connectivity index (χ1n) is 15.4. The van der Waals surface area contributed by atoms with Crippen molar-refractivity contribution in [3.8, 4) is 0 Å². The third-order valence-electron chi connectivity index (χ3n) is 11.0. The van der Waals surface area contributed by atoms with Gasteiger partial charge in [0.05, 0.1) is 11.7 Å². The molecule has 0 aliphatic heterocycles. The second kappa shape index (κ2) is 9.57. The van der Waals surface area contributed by atoms with E-state index in [4.69, 9.17) is 13.3 Å². The summed E-state index contributed by atoms with van der Waals surface area (Å²) in [4.78, 5) is 0. The fourth-order valence-electron chi connectivity index (χ4n) is 9.95. The van der Waals surface area contributed by atoms with E-state index in [2.05, 4.69) is 79.7 Å². The lowest BCUT2D eigenvalue weighted by Crippen LogP contribution is -2.63. The Morgan fingerprint density at radius 2 is 1.33 bits per heavy atom. The minimum atomic E-state index is -1.75. The molecule has 0 aromatic carbocycles. The van der Waals surface area contributed by atoms with Crippen LogP contribution >= 0.6 is 0 Å². The van der Waals surface area contributed by atoms with Gasteiger partial charge in [0, 0.05) is 11.5 Å². The van der Waals surface area contributed by atoms with Gasteiger partial charge in [-0.25, -0.2) is 0 Å². The molecule has 0 saturated heterocycles. The number of fused-ring (bicyclic) bond motifs is 5. The van der Waals surface area contributed by atoms with Crippen LogP contribution < -0.4 is 0 Å². The summed E-state index contributed by atoms with van der Waals surface area (Å²) in [7, 11) is -4.88. The minimum absolute atomic E-state index is 0.117. The van der Waals surface area contributed by atoms with Crippen molar-refractivity contribution in [1.29, 1.82) is 0 Å². The molecule has 0 spiro atoms. The zero-order chi connectivity index (χ0) is 26.9. The van der Waals surface area contributed by atoms with Crippen molar-refractivity contribution in [3.63, 3.8) is 0 Å². The molecule has 9 atom stereocenters. The number of hydrogen-bond acceptors (Lipinski definition) is 3. The standard InChI is InChI=1S/C30H60O3Si3/c1-22(31-34(4,5)6)30(33-36(10,11)12)20-17-27-25-14-13-23-21-24(32-35(7,8)9)15-18-28(23,2)26(25)16-19-29(27,30)3/h22-27H,13-21H2,1-12H3/t22-,23+,24+,25?,26?,27?,28?,29?,30-/m0/s1. The topological polar surface area (TPSA) is 27.7 Å². The van der Waals surface area contributed by atoms with Crippen LogP contribution in [0.5, 0.6) is 0 Å². The van der Waals surface area contributed by atoms with Crippen molar-refractivity contribution >= 4 is 25.0 Å². The van der Waals surface area contributed by atoms with E-state index in [1.165, 1.54) is 57.8 Å². The van der Waals surface area contributed by atoms with Crippen LogP contribution in [-0.4, -0.2) is 42.8 Å². The van der Waals surface area contributed by atoms with Gasteiger partial charge in [-0.3, -0.25) is 0 Å². The molecule has 4 rings (SSSR count). The van der Waals surface area contributed by atoms with Crippen LogP contribution in [0.15, 0.2) is 0 Å². The molecule has 4 aliphatic carbocycles. The Morgan fingerprint density at radius 3 is 1.92 bits per heavy atom. The molecular weight excluding hydrogens is 493 g/mol. The smallest absolute Gasteiger partial charge is 0.184 e. The van der Waals surface area contributed by atoms with Crippen LogP contribution in [-0.2, 0) is 13.3 Å². The highest BCUT2D eigenvalue weighted by Crippen LogP contribution is 2.70. The molecule has 0 heterocycles. The van der Waals surface area contributed by atoms with Crippen molar-refractivity contribution in [2.45, 2.75) is 155 Å². The summed E-state index contributed by atoms with van der Waals surface area (Å²) in [5.74, 6) is 3.40. The molecule has 0 radical (unpaired) electrons. The van der Waals surface area contributed by atoms with Gasteiger partial charge in [-0.1, -0.05) is 13.8 Å². The average Bonchev–Trinajstić information content (AvgIpc) is 2.98. The van der Waals surface area contributed by atoms with Gasteiger partial charge in [0.1, 0.15) is 0 Å². The highest BCUT2D eigenvalue weighted by atomic mass is 28.4. The minimum Gasteiger partial charge on any atom is -0.415 e. The third-order valence-corrected chi connectivity index (χ3v) is 14.1. The summed E-state index contributed by atoms with van der Waals surface area (Å²) in [5, 5.41) is 0. The fraction of sp³-hybridized carbons (Fsp3) is 1.00. The first-order chi connectivity index (χ1) is 16.3. The predicted molar refractivity (Wildman–Crippen MR) is 161 cm³/mol. The second-order valence-electron chi connectivity index (χ2n) is 16.8. The summed E-state index contributed by atoms with van der Waals surface area (Å²) in [6.45, 7) is 29.0. The lowest BCUT2D eigenvalue weighted by Gasteiger charge is -2.63. The Labute approximate surface area is 227 Å². The van der Waals surface area contributed by atoms with E-state index in [0.29, 0.717) is 11.5 Å². The van der Waals surface area contributed by atoms with Crippen LogP contribution in [0.25, 0.3) is 0 Å². The van der Waals surface area contributed by atoms with Gasteiger partial charge in [0.2, 0.25) is 0 Å². The van der Waals surface area contributed by atoms with Crippen molar-refractivity contribution in [2.24, 2.45) is 34.5 Å². The molecule has 0 N–H and O–H groups in total. The molecule has 3 nitrogen and oxygen atoms in total. The van der Waals surface area contributed by atoms with E-state index >= 15 is 0 Å². The first kappa shape index (κ1) is 29.5. The molecule has 5 unspecified atom stereocenters. The largest absolute Gasteiger partial charge is 0.415 e. The molecule has 4 fully saturated rings. The Kier molecular flexibility index (Phi) is 7.85. The van der Waals surface area contributed by atoms with Crippen LogP contribution in [0.3, 0.4) is 0 Å². The Balaban J connectivity index is 1.59. The van der Waals surface area contributed by atoms with Gasteiger partial charge in [0.25, 0.3) is 0 Å². The van der Waals surface area contributed by atoms with Gasteiger partial charge >= 0.3 is 0 Å². The molecular formula is C30H60O3Si3. The third kappa shape index (κ3) is 5.43. The monoisotopic (exact) mass is 552 g/mol. The van der Waals surface area contributed by atoms with Gasteiger partial charge in [0.15, 0.2) is 25.0 Å². The molecule has 0 aromatic rings. The molecule has 0 amide bonds. The van der Waals surface area contributed by atoms with E-state index in [0.717, 1.165) is 23.7 Å². The Hall–Kier alpha value is 0.531. The van der Waals surface area contributed by atoms with Crippen LogP contribution in [0, 0.1) is 34.5 Å². The predicted octanol–water partition coefficient (Wildman–Crippen LogP) is 9.08. The molecule has 4 saturated carbocycles. The second-order valence-corrected chi connectivity index (χ2v) is 30.1. The highest BCUT2D eigenvalue weighted by Gasteiger charge is 2.67. The van der Waals surface area contributed by atoms with Gasteiger partial charge in [-0.15, -0.1) is 0 Å². The lowest BCUT2D eigenvalue weighted by atomic mass is 9.44.